The minimum Gasteiger partial charge on any atom is -0.496 e. The monoisotopic (exact) mass is 504 g/mol. The van der Waals surface area contributed by atoms with E-state index in [2.05, 4.69) is 18.2 Å². The largest absolute Gasteiger partial charge is 0.496 e. The summed E-state index contributed by atoms with van der Waals surface area (Å²) >= 11 is 0. The maximum Gasteiger partial charge on any atom is 0.217 e. The van der Waals surface area contributed by atoms with Crippen LogP contribution in [0, 0.1) is 13.8 Å². The van der Waals surface area contributed by atoms with Gasteiger partial charge in [0, 0.05) is 25.2 Å². The SMILES string of the molecule is COc1c(C)cc(C2(c3cccc(-c4ccc(CS(=O)(=O)N(C)C)cc4)c3)N=C(C)C(N)=N2)cc1C. The zero-order valence-corrected chi connectivity index (χ0v) is 22.3. The molecule has 4 rings (SSSR count). The molecule has 0 spiro atoms. The zero-order valence-electron chi connectivity index (χ0n) is 21.5. The predicted octanol–water partition coefficient (Wildman–Crippen LogP) is 4.40. The Hall–Kier alpha value is -3.49. The van der Waals surface area contributed by atoms with Gasteiger partial charge in [0.05, 0.1) is 18.6 Å². The first-order valence-corrected chi connectivity index (χ1v) is 13.3. The van der Waals surface area contributed by atoms with Crippen LogP contribution in [0.4, 0.5) is 0 Å². The molecule has 1 atom stereocenters. The highest BCUT2D eigenvalue weighted by molar-refractivity contribution is 7.88. The highest BCUT2D eigenvalue weighted by Crippen LogP contribution is 2.42. The lowest BCUT2D eigenvalue weighted by atomic mass is 9.88. The van der Waals surface area contributed by atoms with Crippen molar-refractivity contribution in [2.24, 2.45) is 15.7 Å². The second-order valence-corrected chi connectivity index (χ2v) is 11.5. The maximum atomic E-state index is 12.2. The zero-order chi connectivity index (χ0) is 26.3. The Balaban J connectivity index is 1.78. The summed E-state index contributed by atoms with van der Waals surface area (Å²) in [7, 11) is 1.43. The number of sulfonamides is 1. The molecular formula is C28H32N4O3S. The molecule has 1 unspecified atom stereocenters. The van der Waals surface area contributed by atoms with E-state index in [0.717, 1.165) is 44.7 Å². The Morgan fingerprint density at radius 1 is 0.889 bits per heavy atom. The molecule has 1 aliphatic heterocycles. The van der Waals surface area contributed by atoms with E-state index in [-0.39, 0.29) is 5.75 Å². The number of methoxy groups -OCH3 is 1. The average molecular weight is 505 g/mol. The van der Waals surface area contributed by atoms with Gasteiger partial charge in [0.2, 0.25) is 15.7 Å². The number of ether oxygens (including phenoxy) is 1. The first-order chi connectivity index (χ1) is 17.0. The van der Waals surface area contributed by atoms with Gasteiger partial charge in [-0.05, 0) is 66.8 Å². The van der Waals surface area contributed by atoms with Gasteiger partial charge < -0.3 is 10.5 Å². The summed E-state index contributed by atoms with van der Waals surface area (Å²) in [5.74, 6) is 1.22. The third-order valence-electron chi connectivity index (χ3n) is 6.51. The van der Waals surface area contributed by atoms with Crippen molar-refractivity contribution in [3.8, 4) is 16.9 Å². The molecule has 0 amide bonds. The molecule has 0 aliphatic carbocycles. The molecule has 3 aromatic carbocycles. The summed E-state index contributed by atoms with van der Waals surface area (Å²) < 4.78 is 31.3. The van der Waals surface area contributed by atoms with Crippen LogP contribution in [-0.4, -0.2) is 45.5 Å². The molecule has 0 fully saturated rings. The lowest BCUT2D eigenvalue weighted by Gasteiger charge is -2.26. The number of nitrogens with two attached hydrogens (primary N) is 1. The van der Waals surface area contributed by atoms with Crippen molar-refractivity contribution in [2.45, 2.75) is 32.2 Å². The van der Waals surface area contributed by atoms with Crippen LogP contribution in [0.3, 0.4) is 0 Å². The molecule has 2 N–H and O–H groups in total. The Bertz CT molecular complexity index is 1430. The van der Waals surface area contributed by atoms with Crippen molar-refractivity contribution in [1.29, 1.82) is 0 Å². The lowest BCUT2D eigenvalue weighted by Crippen LogP contribution is -2.23. The number of amidine groups is 1. The molecule has 0 radical (unpaired) electrons. The average Bonchev–Trinajstić information content (AvgIpc) is 3.14. The minimum absolute atomic E-state index is 0.0401. The number of aliphatic imine (C=N–C) groups is 2. The Morgan fingerprint density at radius 2 is 1.53 bits per heavy atom. The van der Waals surface area contributed by atoms with E-state index in [1.807, 2.05) is 63.2 Å². The summed E-state index contributed by atoms with van der Waals surface area (Å²) in [5.41, 5.74) is 12.4. The first kappa shape index (κ1) is 25.6. The number of benzene rings is 3. The van der Waals surface area contributed by atoms with Crippen molar-refractivity contribution in [1.82, 2.24) is 4.31 Å². The number of rotatable bonds is 7. The van der Waals surface area contributed by atoms with Gasteiger partial charge in [0.1, 0.15) is 11.6 Å². The summed E-state index contributed by atoms with van der Waals surface area (Å²) in [5, 5.41) is 0. The molecule has 0 aromatic heterocycles. The molecule has 36 heavy (non-hydrogen) atoms. The summed E-state index contributed by atoms with van der Waals surface area (Å²) in [6, 6.07) is 19.8. The van der Waals surface area contributed by atoms with E-state index in [1.165, 1.54) is 4.31 Å². The molecule has 0 saturated carbocycles. The van der Waals surface area contributed by atoms with E-state index in [0.29, 0.717) is 11.5 Å². The Labute approximate surface area is 213 Å². The quantitative estimate of drug-likeness (QED) is 0.516. The third kappa shape index (κ3) is 4.66. The topological polar surface area (TPSA) is 97.4 Å². The minimum atomic E-state index is -3.32. The van der Waals surface area contributed by atoms with Gasteiger partial charge in [-0.15, -0.1) is 0 Å². The highest BCUT2D eigenvalue weighted by Gasteiger charge is 2.39. The smallest absolute Gasteiger partial charge is 0.217 e. The maximum absolute atomic E-state index is 12.2. The van der Waals surface area contributed by atoms with Crippen LogP contribution < -0.4 is 10.5 Å². The Kier molecular flexibility index (Phi) is 6.77. The molecule has 188 valence electrons. The van der Waals surface area contributed by atoms with Crippen molar-refractivity contribution in [2.75, 3.05) is 21.2 Å². The van der Waals surface area contributed by atoms with Crippen LogP contribution in [0.25, 0.3) is 11.1 Å². The highest BCUT2D eigenvalue weighted by atomic mass is 32.2. The van der Waals surface area contributed by atoms with E-state index >= 15 is 0 Å². The van der Waals surface area contributed by atoms with Crippen LogP contribution in [0.5, 0.6) is 5.75 Å². The van der Waals surface area contributed by atoms with Gasteiger partial charge in [-0.3, -0.25) is 0 Å². The van der Waals surface area contributed by atoms with Gasteiger partial charge in [-0.1, -0.05) is 42.5 Å². The summed E-state index contributed by atoms with van der Waals surface area (Å²) in [6.07, 6.45) is 0. The molecule has 1 aliphatic rings. The summed E-state index contributed by atoms with van der Waals surface area (Å²) in [6.45, 7) is 5.89. The van der Waals surface area contributed by atoms with Crippen LogP contribution in [0.15, 0.2) is 70.6 Å². The molecule has 1 heterocycles. The van der Waals surface area contributed by atoms with Crippen LogP contribution in [-0.2, 0) is 21.4 Å². The first-order valence-electron chi connectivity index (χ1n) is 11.6. The van der Waals surface area contributed by atoms with Gasteiger partial charge in [-0.2, -0.15) is 0 Å². The molecule has 3 aromatic rings. The number of hydrogen-bond donors (Lipinski definition) is 1. The van der Waals surface area contributed by atoms with Crippen molar-refractivity contribution >= 4 is 21.6 Å². The molecule has 0 bridgehead atoms. The lowest BCUT2D eigenvalue weighted by molar-refractivity contribution is 0.408. The van der Waals surface area contributed by atoms with Gasteiger partial charge in [0.15, 0.2) is 0 Å². The standard InChI is InChI=1S/C28H32N4O3S/c1-18-14-25(15-19(2)26(18)35-6)28(30-20(3)27(29)31-28)24-9-7-8-23(16-24)22-12-10-21(11-13-22)17-36(33,34)32(4)5/h7-16H,17H2,1-6H3,(H2,29,31). The van der Waals surface area contributed by atoms with Crippen LogP contribution in [0.1, 0.15) is 34.7 Å². The van der Waals surface area contributed by atoms with E-state index in [1.54, 1.807) is 21.2 Å². The van der Waals surface area contributed by atoms with Gasteiger partial charge in [-0.25, -0.2) is 22.7 Å². The fraction of sp³-hybridized carbons (Fsp3) is 0.286. The molecule has 0 saturated heterocycles. The van der Waals surface area contributed by atoms with Crippen molar-refractivity contribution in [3.05, 3.63) is 88.5 Å². The predicted molar refractivity (Wildman–Crippen MR) is 146 cm³/mol. The van der Waals surface area contributed by atoms with Gasteiger partial charge in [0.25, 0.3) is 0 Å². The van der Waals surface area contributed by atoms with Gasteiger partial charge >= 0.3 is 0 Å². The Morgan fingerprint density at radius 3 is 2.06 bits per heavy atom. The number of nitrogens with zero attached hydrogens (tertiary/aromatic N) is 3. The molecular weight excluding hydrogens is 472 g/mol. The van der Waals surface area contributed by atoms with Crippen molar-refractivity contribution in [3.63, 3.8) is 0 Å². The summed E-state index contributed by atoms with van der Waals surface area (Å²) in [4.78, 5) is 9.82. The van der Waals surface area contributed by atoms with Crippen LogP contribution in [0.2, 0.25) is 0 Å². The fourth-order valence-corrected chi connectivity index (χ4v) is 5.40. The molecule has 8 heteroatoms. The number of hydrogen-bond acceptors (Lipinski definition) is 6. The second kappa shape index (κ2) is 9.52. The van der Waals surface area contributed by atoms with Crippen molar-refractivity contribution < 1.29 is 13.2 Å². The molecule has 7 nitrogen and oxygen atoms in total. The normalized spacial score (nSPS) is 17.8. The fourth-order valence-electron chi connectivity index (χ4n) is 4.53. The van der Waals surface area contributed by atoms with E-state index in [9.17, 15) is 8.42 Å². The number of aryl methyl sites for hydroxylation is 2. The second-order valence-electron chi connectivity index (χ2n) is 9.33. The van der Waals surface area contributed by atoms with E-state index < -0.39 is 15.7 Å². The van der Waals surface area contributed by atoms with E-state index in [4.69, 9.17) is 20.5 Å². The van der Waals surface area contributed by atoms with Crippen LogP contribution >= 0.6 is 0 Å². The third-order valence-corrected chi connectivity index (χ3v) is 8.32.